The summed E-state index contributed by atoms with van der Waals surface area (Å²) >= 11 is 11.9. The second kappa shape index (κ2) is 9.20. The molecule has 0 radical (unpaired) electrons. The smallest absolute Gasteiger partial charge is 0.293 e. The van der Waals surface area contributed by atoms with Crippen LogP contribution in [0.2, 0.25) is 10.0 Å². The zero-order valence-electron chi connectivity index (χ0n) is 15.9. The number of hydrogen-bond acceptors (Lipinski definition) is 5. The molecule has 0 bridgehead atoms. The van der Waals surface area contributed by atoms with Gasteiger partial charge in [-0.15, -0.1) is 5.10 Å². The summed E-state index contributed by atoms with van der Waals surface area (Å²) in [5, 5.41) is 7.57. The van der Waals surface area contributed by atoms with E-state index in [1.807, 2.05) is 0 Å². The van der Waals surface area contributed by atoms with E-state index in [1.54, 1.807) is 36.4 Å². The Kier molecular flexibility index (Phi) is 6.20. The molecule has 0 fully saturated rings. The Morgan fingerprint density at radius 3 is 2.84 bits per heavy atom. The fraction of sp³-hybridized carbons (Fsp3) is 0.0952. The summed E-state index contributed by atoms with van der Waals surface area (Å²) in [5.74, 6) is 0.307. The number of ether oxygens (including phenoxy) is 1. The molecule has 4 aromatic rings. The molecule has 158 valence electrons. The minimum absolute atomic E-state index is 0.0858. The number of anilines is 1. The molecule has 2 heterocycles. The van der Waals surface area contributed by atoms with Crippen LogP contribution in [0.1, 0.15) is 21.9 Å². The molecule has 31 heavy (non-hydrogen) atoms. The van der Waals surface area contributed by atoms with Crippen molar-refractivity contribution in [3.8, 4) is 5.75 Å². The van der Waals surface area contributed by atoms with Crippen molar-refractivity contribution in [2.45, 2.75) is 13.2 Å². The highest BCUT2D eigenvalue weighted by Gasteiger charge is 2.14. The van der Waals surface area contributed by atoms with Crippen LogP contribution < -0.4 is 10.1 Å². The van der Waals surface area contributed by atoms with Gasteiger partial charge < -0.3 is 9.15 Å². The average molecular weight is 461 g/mol. The van der Waals surface area contributed by atoms with Crippen LogP contribution in [0.5, 0.6) is 5.75 Å². The van der Waals surface area contributed by atoms with Crippen molar-refractivity contribution in [2.75, 3.05) is 5.32 Å². The van der Waals surface area contributed by atoms with Gasteiger partial charge >= 0.3 is 0 Å². The molecule has 0 aliphatic carbocycles. The van der Waals surface area contributed by atoms with Crippen molar-refractivity contribution in [3.05, 3.63) is 93.9 Å². The average Bonchev–Trinajstić information content (AvgIpc) is 3.38. The lowest BCUT2D eigenvalue weighted by molar-refractivity contribution is 0.0991. The van der Waals surface area contributed by atoms with Gasteiger partial charge in [0.2, 0.25) is 5.95 Å². The van der Waals surface area contributed by atoms with Gasteiger partial charge in [0.1, 0.15) is 30.3 Å². The van der Waals surface area contributed by atoms with Crippen molar-refractivity contribution in [1.29, 1.82) is 0 Å². The third-order valence-electron chi connectivity index (χ3n) is 4.17. The summed E-state index contributed by atoms with van der Waals surface area (Å²) in [6, 6.07) is 14.2. The SMILES string of the molecule is O=C(Nc1ncn(Cc2ccc(F)cc2Cl)n1)c1ccc(COc2cccc(Cl)c2)o1. The highest BCUT2D eigenvalue weighted by molar-refractivity contribution is 6.31. The Labute approximate surface area is 186 Å². The van der Waals surface area contributed by atoms with Crippen molar-refractivity contribution < 1.29 is 18.3 Å². The largest absolute Gasteiger partial charge is 0.486 e. The van der Waals surface area contributed by atoms with E-state index in [1.165, 1.54) is 29.2 Å². The van der Waals surface area contributed by atoms with Gasteiger partial charge in [-0.3, -0.25) is 10.1 Å². The number of carbonyl (C=O) groups excluding carboxylic acids is 1. The van der Waals surface area contributed by atoms with Gasteiger partial charge in [0.05, 0.1) is 6.54 Å². The number of aromatic nitrogens is 3. The van der Waals surface area contributed by atoms with Gasteiger partial charge in [0.25, 0.3) is 5.91 Å². The summed E-state index contributed by atoms with van der Waals surface area (Å²) in [6.07, 6.45) is 1.43. The molecule has 2 aromatic heterocycles. The standard InChI is InChI=1S/C21H15Cl2FN4O3/c22-14-2-1-3-16(8-14)30-11-17-6-7-19(31-17)20(29)26-21-25-12-28(27-21)10-13-4-5-15(24)9-18(13)23/h1-9,12H,10-11H2,(H,26,27,29). The van der Waals surface area contributed by atoms with Gasteiger partial charge in [-0.2, -0.15) is 0 Å². The number of amides is 1. The summed E-state index contributed by atoms with van der Waals surface area (Å²) in [4.78, 5) is 16.4. The number of nitrogens with one attached hydrogen (secondary N) is 1. The van der Waals surface area contributed by atoms with Gasteiger partial charge in [0, 0.05) is 10.0 Å². The van der Waals surface area contributed by atoms with E-state index >= 15 is 0 Å². The quantitative estimate of drug-likeness (QED) is 0.409. The van der Waals surface area contributed by atoms with E-state index in [0.717, 1.165) is 0 Å². The fourth-order valence-corrected chi connectivity index (χ4v) is 3.11. The molecule has 1 amide bonds. The topological polar surface area (TPSA) is 82.2 Å². The molecule has 0 aliphatic rings. The second-order valence-corrected chi connectivity index (χ2v) is 7.31. The molecule has 7 nitrogen and oxygen atoms in total. The zero-order valence-corrected chi connectivity index (χ0v) is 17.4. The highest BCUT2D eigenvalue weighted by Crippen LogP contribution is 2.20. The lowest BCUT2D eigenvalue weighted by Gasteiger charge is -2.04. The molecule has 4 rings (SSSR count). The van der Waals surface area contributed by atoms with Gasteiger partial charge in [0.15, 0.2) is 5.76 Å². The minimum atomic E-state index is -0.508. The van der Waals surface area contributed by atoms with Crippen molar-refractivity contribution >= 4 is 35.1 Å². The molecule has 0 saturated carbocycles. The lowest BCUT2D eigenvalue weighted by atomic mass is 10.2. The van der Waals surface area contributed by atoms with Crippen LogP contribution in [0.3, 0.4) is 0 Å². The van der Waals surface area contributed by atoms with Gasteiger partial charge in [-0.1, -0.05) is 35.3 Å². The summed E-state index contributed by atoms with van der Waals surface area (Å²) in [5.41, 5.74) is 0.668. The van der Waals surface area contributed by atoms with Crippen LogP contribution >= 0.6 is 23.2 Å². The first-order valence-corrected chi connectivity index (χ1v) is 9.84. The van der Waals surface area contributed by atoms with E-state index in [-0.39, 0.29) is 29.9 Å². The number of nitrogens with zero attached hydrogens (tertiary/aromatic N) is 3. The van der Waals surface area contributed by atoms with Crippen LogP contribution in [0.25, 0.3) is 0 Å². The zero-order chi connectivity index (χ0) is 21.8. The lowest BCUT2D eigenvalue weighted by Crippen LogP contribution is -2.12. The van der Waals surface area contributed by atoms with E-state index in [9.17, 15) is 9.18 Å². The second-order valence-electron chi connectivity index (χ2n) is 6.47. The van der Waals surface area contributed by atoms with Gasteiger partial charge in [-0.05, 0) is 48.0 Å². The third kappa shape index (κ3) is 5.42. The van der Waals surface area contributed by atoms with E-state index < -0.39 is 11.7 Å². The maximum Gasteiger partial charge on any atom is 0.293 e. The Bertz CT molecular complexity index is 1220. The first kappa shape index (κ1) is 20.9. The number of benzene rings is 2. The Balaban J connectivity index is 1.34. The maximum atomic E-state index is 13.2. The van der Waals surface area contributed by atoms with Crippen molar-refractivity contribution in [1.82, 2.24) is 14.8 Å². The molecule has 1 N–H and O–H groups in total. The summed E-state index contributed by atoms with van der Waals surface area (Å²) < 4.78 is 25.7. The molecule has 0 aliphatic heterocycles. The number of furan rings is 1. The number of halogens is 3. The van der Waals surface area contributed by atoms with Crippen LogP contribution in [-0.4, -0.2) is 20.7 Å². The van der Waals surface area contributed by atoms with Gasteiger partial charge in [-0.25, -0.2) is 14.1 Å². The van der Waals surface area contributed by atoms with E-state index in [0.29, 0.717) is 22.1 Å². The Morgan fingerprint density at radius 2 is 2.03 bits per heavy atom. The first-order valence-electron chi connectivity index (χ1n) is 9.08. The molecule has 0 saturated heterocycles. The molecular formula is C21H15Cl2FN4O3. The fourth-order valence-electron chi connectivity index (χ4n) is 2.70. The van der Waals surface area contributed by atoms with Crippen LogP contribution in [-0.2, 0) is 13.2 Å². The molecule has 2 aromatic carbocycles. The molecule has 10 heteroatoms. The monoisotopic (exact) mass is 460 g/mol. The predicted octanol–water partition coefficient (Wildman–Crippen LogP) is 5.20. The predicted molar refractivity (Wildman–Crippen MR) is 113 cm³/mol. The Hall–Kier alpha value is -3.36. The Morgan fingerprint density at radius 1 is 1.16 bits per heavy atom. The number of hydrogen-bond donors (Lipinski definition) is 1. The molecular weight excluding hydrogens is 446 g/mol. The first-order chi connectivity index (χ1) is 15.0. The third-order valence-corrected chi connectivity index (χ3v) is 4.76. The molecule has 0 spiro atoms. The number of rotatable bonds is 7. The van der Waals surface area contributed by atoms with E-state index in [2.05, 4.69) is 15.4 Å². The van der Waals surface area contributed by atoms with Crippen molar-refractivity contribution in [2.24, 2.45) is 0 Å². The summed E-state index contributed by atoms with van der Waals surface area (Å²) in [7, 11) is 0. The maximum absolute atomic E-state index is 13.2. The highest BCUT2D eigenvalue weighted by atomic mass is 35.5. The molecule has 0 atom stereocenters. The van der Waals surface area contributed by atoms with E-state index in [4.69, 9.17) is 32.4 Å². The number of carbonyl (C=O) groups is 1. The van der Waals surface area contributed by atoms with Crippen LogP contribution in [0.4, 0.5) is 10.3 Å². The summed E-state index contributed by atoms with van der Waals surface area (Å²) in [6.45, 7) is 0.409. The normalized spacial score (nSPS) is 10.8. The minimum Gasteiger partial charge on any atom is -0.486 e. The van der Waals surface area contributed by atoms with Crippen LogP contribution in [0, 0.1) is 5.82 Å². The van der Waals surface area contributed by atoms with Crippen LogP contribution in [0.15, 0.2) is 65.3 Å². The van der Waals surface area contributed by atoms with Crippen molar-refractivity contribution in [3.63, 3.8) is 0 Å². The molecule has 0 unspecified atom stereocenters.